The van der Waals surface area contributed by atoms with Crippen molar-refractivity contribution in [3.8, 4) is 11.5 Å². The average molecular weight is 554 g/mol. The minimum absolute atomic E-state index is 0.0998. The van der Waals surface area contributed by atoms with Gasteiger partial charge in [0.15, 0.2) is 0 Å². The summed E-state index contributed by atoms with van der Waals surface area (Å²) in [7, 11) is -1.05. The number of methoxy groups -OCH3 is 2. The molecular formula is C26H36ClN3O6S. The fourth-order valence-electron chi connectivity index (χ4n) is 3.80. The number of nitrogens with one attached hydrogen (secondary N) is 1. The molecule has 0 spiro atoms. The summed E-state index contributed by atoms with van der Waals surface area (Å²) in [6, 6.07) is 10.8. The van der Waals surface area contributed by atoms with Crippen molar-refractivity contribution in [3.05, 3.63) is 53.1 Å². The lowest BCUT2D eigenvalue weighted by Gasteiger charge is -2.33. The highest BCUT2D eigenvalue weighted by Crippen LogP contribution is 2.34. The van der Waals surface area contributed by atoms with Crippen LogP contribution in [0.4, 0.5) is 5.69 Å². The van der Waals surface area contributed by atoms with E-state index in [2.05, 4.69) is 5.32 Å². The van der Waals surface area contributed by atoms with Crippen molar-refractivity contribution in [1.29, 1.82) is 0 Å². The highest BCUT2D eigenvalue weighted by Gasteiger charge is 2.32. The number of rotatable bonds is 14. The van der Waals surface area contributed by atoms with Crippen molar-refractivity contribution in [3.63, 3.8) is 0 Å². The first-order valence-corrected chi connectivity index (χ1v) is 14.3. The Labute approximate surface area is 224 Å². The molecule has 0 aliphatic heterocycles. The van der Waals surface area contributed by atoms with Crippen molar-refractivity contribution in [2.45, 2.75) is 45.7 Å². The van der Waals surface area contributed by atoms with Crippen LogP contribution >= 0.6 is 11.6 Å². The Kier molecular flexibility index (Phi) is 11.5. The van der Waals surface area contributed by atoms with Gasteiger partial charge in [0.05, 0.1) is 26.2 Å². The second kappa shape index (κ2) is 14.1. The molecule has 2 rings (SSSR count). The number of benzene rings is 2. The van der Waals surface area contributed by atoms with E-state index in [9.17, 15) is 18.0 Å². The van der Waals surface area contributed by atoms with Crippen molar-refractivity contribution < 1.29 is 27.5 Å². The molecule has 1 unspecified atom stereocenters. The molecule has 2 aromatic carbocycles. The summed E-state index contributed by atoms with van der Waals surface area (Å²) in [5.41, 5.74) is 0.909. The molecule has 1 N–H and O–H groups in total. The van der Waals surface area contributed by atoms with Gasteiger partial charge in [-0.25, -0.2) is 8.42 Å². The van der Waals surface area contributed by atoms with Gasteiger partial charge in [0.2, 0.25) is 21.8 Å². The zero-order valence-corrected chi connectivity index (χ0v) is 23.6. The number of carbonyl (C=O) groups excluding carboxylic acids is 2. The van der Waals surface area contributed by atoms with E-state index in [0.29, 0.717) is 23.7 Å². The number of anilines is 1. The smallest absolute Gasteiger partial charge is 0.244 e. The molecule has 0 saturated carbocycles. The van der Waals surface area contributed by atoms with Crippen molar-refractivity contribution in [1.82, 2.24) is 10.2 Å². The monoisotopic (exact) mass is 553 g/mol. The highest BCUT2D eigenvalue weighted by atomic mass is 35.5. The van der Waals surface area contributed by atoms with E-state index in [1.807, 2.05) is 13.8 Å². The molecule has 9 nitrogen and oxygen atoms in total. The van der Waals surface area contributed by atoms with Crippen molar-refractivity contribution >= 4 is 39.1 Å². The van der Waals surface area contributed by atoms with Crippen molar-refractivity contribution in [2.75, 3.05) is 37.9 Å². The second-order valence-electron chi connectivity index (χ2n) is 8.52. The Bertz CT molecular complexity index is 1160. The summed E-state index contributed by atoms with van der Waals surface area (Å²) >= 11 is 6.02. The van der Waals surface area contributed by atoms with Gasteiger partial charge >= 0.3 is 0 Å². The van der Waals surface area contributed by atoms with Gasteiger partial charge in [-0.15, -0.1) is 0 Å². The maximum atomic E-state index is 13.8. The lowest BCUT2D eigenvalue weighted by molar-refractivity contribution is -0.140. The molecule has 204 valence electrons. The van der Waals surface area contributed by atoms with Crippen LogP contribution in [-0.2, 0) is 26.2 Å². The van der Waals surface area contributed by atoms with Gasteiger partial charge < -0.3 is 19.7 Å². The molecule has 0 aromatic heterocycles. The third-order valence-electron chi connectivity index (χ3n) is 5.82. The molecule has 0 aliphatic carbocycles. The quantitative estimate of drug-likeness (QED) is 0.356. The third-order valence-corrected chi connectivity index (χ3v) is 7.19. The Balaban J connectivity index is 2.48. The summed E-state index contributed by atoms with van der Waals surface area (Å²) in [6.45, 7) is 3.89. The largest absolute Gasteiger partial charge is 0.497 e. The summed E-state index contributed by atoms with van der Waals surface area (Å²) < 4.78 is 37.3. The van der Waals surface area contributed by atoms with Crippen LogP contribution in [0.1, 0.15) is 38.7 Å². The van der Waals surface area contributed by atoms with Crippen LogP contribution in [0.15, 0.2) is 42.5 Å². The van der Waals surface area contributed by atoms with E-state index >= 15 is 0 Å². The number of hydrogen-bond donors (Lipinski definition) is 1. The molecule has 0 radical (unpaired) electrons. The maximum Gasteiger partial charge on any atom is 0.244 e. The van der Waals surface area contributed by atoms with E-state index in [-0.39, 0.29) is 23.9 Å². The number of sulfonamides is 1. The topological polar surface area (TPSA) is 105 Å². The normalized spacial score (nSPS) is 11.9. The summed E-state index contributed by atoms with van der Waals surface area (Å²) in [4.78, 5) is 28.3. The first-order chi connectivity index (χ1) is 17.5. The van der Waals surface area contributed by atoms with Gasteiger partial charge in [0, 0.05) is 24.2 Å². The molecule has 0 fully saturated rings. The van der Waals surface area contributed by atoms with Crippen LogP contribution < -0.4 is 19.1 Å². The molecular weight excluding hydrogens is 518 g/mol. The standard InChI is InChI=1S/C26H36ClN3O6S/c1-6-8-15-28-26(32)22(7-2)29(17-19-9-11-20(27)12-10-19)25(31)18-30(37(5,33)34)23-16-21(35-3)13-14-24(23)36-4/h9-14,16,22H,6-8,15,17-18H2,1-5H3,(H,28,32). The van der Waals surface area contributed by atoms with E-state index in [1.165, 1.54) is 25.2 Å². The number of carbonyl (C=O) groups is 2. The van der Waals surface area contributed by atoms with E-state index in [4.69, 9.17) is 21.1 Å². The second-order valence-corrected chi connectivity index (χ2v) is 10.9. The molecule has 37 heavy (non-hydrogen) atoms. The van der Waals surface area contributed by atoms with Gasteiger partial charge in [-0.2, -0.15) is 0 Å². The Hall–Kier alpha value is -2.98. The first kappa shape index (κ1) is 30.2. The van der Waals surface area contributed by atoms with Crippen LogP contribution in [0.3, 0.4) is 0 Å². The van der Waals surface area contributed by atoms with Gasteiger partial charge in [0.1, 0.15) is 24.1 Å². The zero-order chi connectivity index (χ0) is 27.6. The van der Waals surface area contributed by atoms with Crippen LogP contribution in [0.5, 0.6) is 11.5 Å². The number of halogens is 1. The fourth-order valence-corrected chi connectivity index (χ4v) is 4.77. The summed E-state index contributed by atoms with van der Waals surface area (Å²) in [5.74, 6) is -0.171. The van der Waals surface area contributed by atoms with Crippen LogP contribution in [0.2, 0.25) is 5.02 Å². The lowest BCUT2D eigenvalue weighted by Crippen LogP contribution is -2.52. The van der Waals surface area contributed by atoms with Crippen LogP contribution in [0.25, 0.3) is 0 Å². The molecule has 0 aliphatic rings. The molecule has 11 heteroatoms. The number of unbranched alkanes of at least 4 members (excludes halogenated alkanes) is 1. The average Bonchev–Trinajstić information content (AvgIpc) is 2.87. The molecule has 1 atom stereocenters. The fraction of sp³-hybridized carbons (Fsp3) is 0.462. The maximum absolute atomic E-state index is 13.8. The summed E-state index contributed by atoms with van der Waals surface area (Å²) in [5, 5.41) is 3.43. The zero-order valence-electron chi connectivity index (χ0n) is 22.0. The Morgan fingerprint density at radius 3 is 2.27 bits per heavy atom. The minimum Gasteiger partial charge on any atom is -0.497 e. The lowest BCUT2D eigenvalue weighted by atomic mass is 10.1. The highest BCUT2D eigenvalue weighted by molar-refractivity contribution is 7.92. The van der Waals surface area contributed by atoms with E-state index < -0.39 is 28.5 Å². The Morgan fingerprint density at radius 1 is 1.05 bits per heavy atom. The predicted molar refractivity (Wildman–Crippen MR) is 146 cm³/mol. The van der Waals surface area contributed by atoms with Crippen molar-refractivity contribution in [2.24, 2.45) is 0 Å². The molecule has 0 saturated heterocycles. The molecule has 0 bridgehead atoms. The molecule has 0 heterocycles. The number of ether oxygens (including phenoxy) is 2. The SMILES string of the molecule is CCCCNC(=O)C(CC)N(Cc1ccc(Cl)cc1)C(=O)CN(c1cc(OC)ccc1OC)S(C)(=O)=O. The van der Waals surface area contributed by atoms with E-state index in [1.54, 1.807) is 36.4 Å². The molecule has 2 amide bonds. The predicted octanol–water partition coefficient (Wildman–Crippen LogP) is 3.85. The van der Waals surface area contributed by atoms with Gasteiger partial charge in [-0.1, -0.05) is 44.0 Å². The molecule has 2 aromatic rings. The van der Waals surface area contributed by atoms with Gasteiger partial charge in [0.25, 0.3) is 0 Å². The summed E-state index contributed by atoms with van der Waals surface area (Å²) in [6.07, 6.45) is 3.08. The van der Waals surface area contributed by atoms with Crippen LogP contribution in [0, 0.1) is 0 Å². The number of amides is 2. The van der Waals surface area contributed by atoms with Gasteiger partial charge in [-0.3, -0.25) is 13.9 Å². The Morgan fingerprint density at radius 2 is 1.73 bits per heavy atom. The number of hydrogen-bond acceptors (Lipinski definition) is 6. The minimum atomic E-state index is -3.92. The first-order valence-electron chi connectivity index (χ1n) is 12.1. The van der Waals surface area contributed by atoms with Crippen LogP contribution in [-0.4, -0.2) is 64.7 Å². The third kappa shape index (κ3) is 8.53. The number of nitrogens with zero attached hydrogens (tertiary/aromatic N) is 2. The van der Waals surface area contributed by atoms with E-state index in [0.717, 1.165) is 29.0 Å². The van der Waals surface area contributed by atoms with Gasteiger partial charge in [-0.05, 0) is 42.7 Å².